The zero-order valence-electron chi connectivity index (χ0n) is 12.1. The van der Waals surface area contributed by atoms with Crippen LogP contribution in [0.3, 0.4) is 0 Å². The quantitative estimate of drug-likeness (QED) is 0.883. The van der Waals surface area contributed by atoms with Crippen molar-refractivity contribution >= 4 is 0 Å². The highest BCUT2D eigenvalue weighted by Gasteiger charge is 2.44. The third kappa shape index (κ3) is 3.37. The van der Waals surface area contributed by atoms with Crippen molar-refractivity contribution < 1.29 is 24.1 Å². The predicted molar refractivity (Wildman–Crippen MR) is 73.2 cm³/mol. The maximum atomic E-state index is 10.2. The van der Waals surface area contributed by atoms with Crippen LogP contribution < -0.4 is 0 Å². The lowest BCUT2D eigenvalue weighted by molar-refractivity contribution is -0.300. The number of benzene rings is 1. The number of aliphatic hydroxyl groups is 1. The third-order valence-electron chi connectivity index (χ3n) is 3.55. The third-order valence-corrected chi connectivity index (χ3v) is 3.55. The molecule has 0 bridgehead atoms. The Hall–Kier alpha value is -0.980. The molecular weight excluding hydrogens is 260 g/mol. The molecule has 1 aromatic carbocycles. The lowest BCUT2D eigenvalue weighted by atomic mass is 9.99. The first-order valence-corrected chi connectivity index (χ1v) is 6.72. The number of methoxy groups -OCH3 is 2. The summed E-state index contributed by atoms with van der Waals surface area (Å²) in [6.45, 7) is 2.20. The summed E-state index contributed by atoms with van der Waals surface area (Å²) in [6.07, 6.45) is -2.62. The minimum Gasteiger partial charge on any atom is -0.388 e. The number of ether oxygens (including phenoxy) is 4. The Labute approximate surface area is 119 Å². The molecule has 0 spiro atoms. The Morgan fingerprint density at radius 2 is 1.80 bits per heavy atom. The smallest absolute Gasteiger partial charge is 0.186 e. The molecule has 0 radical (unpaired) electrons. The van der Waals surface area contributed by atoms with E-state index in [0.29, 0.717) is 6.61 Å². The highest BCUT2D eigenvalue weighted by molar-refractivity contribution is 5.13. The molecule has 1 heterocycles. The number of hydrogen-bond acceptors (Lipinski definition) is 5. The lowest BCUT2D eigenvalue weighted by Gasteiger charge is -2.42. The molecule has 1 saturated heterocycles. The van der Waals surface area contributed by atoms with Crippen LogP contribution in [0, 0.1) is 0 Å². The van der Waals surface area contributed by atoms with E-state index in [9.17, 15) is 5.11 Å². The van der Waals surface area contributed by atoms with E-state index < -0.39 is 24.6 Å². The van der Waals surface area contributed by atoms with Crippen molar-refractivity contribution in [2.75, 3.05) is 14.2 Å². The van der Waals surface area contributed by atoms with Gasteiger partial charge >= 0.3 is 0 Å². The molecule has 0 aromatic heterocycles. The molecule has 1 N–H and O–H groups in total. The van der Waals surface area contributed by atoms with Gasteiger partial charge in [0.05, 0.1) is 12.7 Å². The Bertz CT molecular complexity index is 397. The van der Waals surface area contributed by atoms with Gasteiger partial charge in [0.15, 0.2) is 6.29 Å². The summed E-state index contributed by atoms with van der Waals surface area (Å²) < 4.78 is 22.0. The standard InChI is InChI=1S/C15H22O5/c1-10-12(16)13(14(17-2)15(18-3)20-10)19-9-11-7-5-4-6-8-11/h4-8,10,12-16H,9H2,1-3H3/t10-,12+,13-,14-,15+/m1/s1. The van der Waals surface area contributed by atoms with E-state index in [1.807, 2.05) is 30.3 Å². The monoisotopic (exact) mass is 282 g/mol. The molecule has 0 amide bonds. The fourth-order valence-electron chi connectivity index (χ4n) is 2.38. The van der Waals surface area contributed by atoms with Crippen molar-refractivity contribution in [3.8, 4) is 0 Å². The highest BCUT2D eigenvalue weighted by Crippen LogP contribution is 2.26. The van der Waals surface area contributed by atoms with Crippen LogP contribution in [0.4, 0.5) is 0 Å². The molecule has 1 aliphatic rings. The van der Waals surface area contributed by atoms with E-state index in [1.165, 1.54) is 0 Å². The molecule has 5 nitrogen and oxygen atoms in total. The number of hydrogen-bond donors (Lipinski definition) is 1. The molecule has 1 aliphatic heterocycles. The summed E-state index contributed by atoms with van der Waals surface area (Å²) in [5, 5.41) is 10.2. The second-order valence-corrected chi connectivity index (χ2v) is 4.90. The van der Waals surface area contributed by atoms with Gasteiger partial charge in [-0.2, -0.15) is 0 Å². The van der Waals surface area contributed by atoms with Gasteiger partial charge in [-0.25, -0.2) is 0 Å². The largest absolute Gasteiger partial charge is 0.388 e. The van der Waals surface area contributed by atoms with Crippen molar-refractivity contribution in [1.29, 1.82) is 0 Å². The summed E-state index contributed by atoms with van der Waals surface area (Å²) >= 11 is 0. The van der Waals surface area contributed by atoms with Gasteiger partial charge < -0.3 is 24.1 Å². The molecule has 1 fully saturated rings. The summed E-state index contributed by atoms with van der Waals surface area (Å²) in [5.41, 5.74) is 1.04. The van der Waals surface area contributed by atoms with Gasteiger partial charge in [-0.3, -0.25) is 0 Å². The van der Waals surface area contributed by atoms with Crippen molar-refractivity contribution in [3.63, 3.8) is 0 Å². The van der Waals surface area contributed by atoms with Crippen LogP contribution in [-0.2, 0) is 25.6 Å². The molecule has 0 saturated carbocycles. The topological polar surface area (TPSA) is 57.2 Å². The molecule has 1 aromatic rings. The van der Waals surface area contributed by atoms with Crippen molar-refractivity contribution in [3.05, 3.63) is 35.9 Å². The van der Waals surface area contributed by atoms with Gasteiger partial charge in [-0.15, -0.1) is 0 Å². The van der Waals surface area contributed by atoms with E-state index in [4.69, 9.17) is 18.9 Å². The van der Waals surface area contributed by atoms with Crippen molar-refractivity contribution in [2.45, 2.75) is 44.2 Å². The average molecular weight is 282 g/mol. The molecule has 0 unspecified atom stereocenters. The first-order valence-electron chi connectivity index (χ1n) is 6.72. The summed E-state index contributed by atoms with van der Waals surface area (Å²) in [4.78, 5) is 0. The fourth-order valence-corrected chi connectivity index (χ4v) is 2.38. The number of rotatable bonds is 5. The predicted octanol–water partition coefficient (Wildman–Crippen LogP) is 1.34. The van der Waals surface area contributed by atoms with Gasteiger partial charge in [-0.05, 0) is 12.5 Å². The van der Waals surface area contributed by atoms with Gasteiger partial charge in [0.25, 0.3) is 0 Å². The normalized spacial score (nSPS) is 34.1. The van der Waals surface area contributed by atoms with E-state index in [2.05, 4.69) is 0 Å². The maximum absolute atomic E-state index is 10.2. The Balaban J connectivity index is 2.05. The van der Waals surface area contributed by atoms with Crippen LogP contribution in [0.25, 0.3) is 0 Å². The van der Waals surface area contributed by atoms with E-state index in [1.54, 1.807) is 21.1 Å². The Morgan fingerprint density at radius 3 is 2.40 bits per heavy atom. The second-order valence-electron chi connectivity index (χ2n) is 4.90. The summed E-state index contributed by atoms with van der Waals surface area (Å²) in [6, 6.07) is 9.81. The zero-order chi connectivity index (χ0) is 14.5. The first-order chi connectivity index (χ1) is 9.67. The fraction of sp³-hybridized carbons (Fsp3) is 0.600. The average Bonchev–Trinajstić information content (AvgIpc) is 2.49. The second kappa shape index (κ2) is 7.15. The van der Waals surface area contributed by atoms with Gasteiger partial charge in [0, 0.05) is 14.2 Å². The molecule has 0 aliphatic carbocycles. The van der Waals surface area contributed by atoms with Gasteiger partial charge in [0.2, 0.25) is 0 Å². The van der Waals surface area contributed by atoms with E-state index >= 15 is 0 Å². The Morgan fingerprint density at radius 1 is 1.10 bits per heavy atom. The van der Waals surface area contributed by atoms with Crippen LogP contribution in [-0.4, -0.2) is 50.0 Å². The molecule has 5 heteroatoms. The van der Waals surface area contributed by atoms with E-state index in [-0.39, 0.29) is 6.10 Å². The SMILES string of the molecule is CO[C@H]1O[C@H](C)[C@H](O)[C@@H](OCc2ccccc2)[C@H]1OC. The summed E-state index contributed by atoms with van der Waals surface area (Å²) in [7, 11) is 3.11. The van der Waals surface area contributed by atoms with Crippen LogP contribution in [0.2, 0.25) is 0 Å². The van der Waals surface area contributed by atoms with Gasteiger partial charge in [0.1, 0.15) is 18.3 Å². The maximum Gasteiger partial charge on any atom is 0.186 e. The Kier molecular flexibility index (Phi) is 5.51. The van der Waals surface area contributed by atoms with Crippen LogP contribution in [0.5, 0.6) is 0 Å². The highest BCUT2D eigenvalue weighted by atomic mass is 16.7. The van der Waals surface area contributed by atoms with Crippen LogP contribution >= 0.6 is 0 Å². The minimum absolute atomic E-state index is 0.368. The molecule has 20 heavy (non-hydrogen) atoms. The number of aliphatic hydroxyl groups excluding tert-OH is 1. The lowest BCUT2D eigenvalue weighted by Crippen LogP contribution is -2.58. The molecular formula is C15H22O5. The van der Waals surface area contributed by atoms with Crippen molar-refractivity contribution in [1.82, 2.24) is 0 Å². The molecule has 112 valence electrons. The van der Waals surface area contributed by atoms with Gasteiger partial charge in [-0.1, -0.05) is 30.3 Å². The molecule has 5 atom stereocenters. The minimum atomic E-state index is -0.755. The molecule has 2 rings (SSSR count). The zero-order valence-corrected chi connectivity index (χ0v) is 12.1. The summed E-state index contributed by atoms with van der Waals surface area (Å²) in [5.74, 6) is 0. The van der Waals surface area contributed by atoms with Crippen molar-refractivity contribution in [2.24, 2.45) is 0 Å². The van der Waals surface area contributed by atoms with E-state index in [0.717, 1.165) is 5.56 Å². The van der Waals surface area contributed by atoms with Crippen LogP contribution in [0.15, 0.2) is 30.3 Å². The first kappa shape index (κ1) is 15.4. The van der Waals surface area contributed by atoms with Crippen LogP contribution in [0.1, 0.15) is 12.5 Å².